The normalized spacial score (nSPS) is 22.5. The first-order valence-electron chi connectivity index (χ1n) is 6.13. The number of carbonyl (C=O) groups is 1. The van der Waals surface area contributed by atoms with E-state index in [0.717, 1.165) is 5.56 Å². The quantitative estimate of drug-likeness (QED) is 0.669. The van der Waals surface area contributed by atoms with Crippen LogP contribution in [0.15, 0.2) is 18.2 Å². The topological polar surface area (TPSA) is 83.7 Å². The number of benzene rings is 1. The van der Waals surface area contributed by atoms with E-state index in [2.05, 4.69) is 0 Å². The van der Waals surface area contributed by atoms with E-state index in [4.69, 9.17) is 0 Å². The van der Waals surface area contributed by atoms with Gasteiger partial charge in [0.1, 0.15) is 11.2 Å². The van der Waals surface area contributed by atoms with Crippen LogP contribution in [0.25, 0.3) is 0 Å². The molecule has 102 valence electrons. The third-order valence-corrected chi connectivity index (χ3v) is 3.78. The molecule has 0 aromatic heterocycles. The summed E-state index contributed by atoms with van der Waals surface area (Å²) >= 11 is 0. The molecule has 0 spiro atoms. The van der Waals surface area contributed by atoms with Gasteiger partial charge in [0, 0.05) is 12.6 Å². The maximum absolute atomic E-state index is 11.5. The van der Waals surface area contributed by atoms with Crippen LogP contribution in [0, 0.1) is 17.0 Å². The fourth-order valence-electron chi connectivity index (χ4n) is 2.69. The lowest BCUT2D eigenvalue weighted by atomic mass is 9.97. The number of hydrogen-bond donors (Lipinski definition) is 1. The zero-order valence-corrected chi connectivity index (χ0v) is 10.9. The van der Waals surface area contributed by atoms with E-state index in [1.165, 1.54) is 6.07 Å². The average molecular weight is 264 g/mol. The van der Waals surface area contributed by atoms with Crippen LogP contribution in [-0.4, -0.2) is 28.1 Å². The van der Waals surface area contributed by atoms with Gasteiger partial charge < -0.3 is 10.0 Å². The molecule has 2 rings (SSSR count). The number of carboxylic acids is 1. The Morgan fingerprint density at radius 3 is 2.79 bits per heavy atom. The third-order valence-electron chi connectivity index (χ3n) is 3.78. The minimum atomic E-state index is -1.07. The smallest absolute Gasteiger partial charge is 0.329 e. The van der Waals surface area contributed by atoms with Crippen molar-refractivity contribution >= 4 is 17.3 Å². The highest BCUT2D eigenvalue weighted by Gasteiger charge is 2.45. The highest BCUT2D eigenvalue weighted by molar-refractivity contribution is 5.86. The number of nitro groups is 1. The number of nitro benzene ring substituents is 1. The zero-order chi connectivity index (χ0) is 14.2. The molecule has 1 atom stereocenters. The summed E-state index contributed by atoms with van der Waals surface area (Å²) in [6.45, 7) is 3.91. The molecular weight excluding hydrogens is 248 g/mol. The van der Waals surface area contributed by atoms with E-state index in [1.54, 1.807) is 30.9 Å². The van der Waals surface area contributed by atoms with E-state index in [9.17, 15) is 20.0 Å². The van der Waals surface area contributed by atoms with Crippen LogP contribution in [0.5, 0.6) is 0 Å². The maximum atomic E-state index is 11.5. The number of aryl methyl sites for hydroxylation is 1. The molecule has 1 heterocycles. The number of rotatable bonds is 3. The Morgan fingerprint density at radius 1 is 1.53 bits per heavy atom. The van der Waals surface area contributed by atoms with Crippen LogP contribution >= 0.6 is 0 Å². The van der Waals surface area contributed by atoms with Crippen molar-refractivity contribution in [2.45, 2.75) is 32.2 Å². The maximum Gasteiger partial charge on any atom is 0.329 e. The molecule has 1 aliphatic rings. The lowest BCUT2D eigenvalue weighted by Gasteiger charge is -2.33. The Labute approximate surface area is 110 Å². The van der Waals surface area contributed by atoms with Crippen molar-refractivity contribution in [1.82, 2.24) is 0 Å². The van der Waals surface area contributed by atoms with E-state index in [0.29, 0.717) is 25.1 Å². The first-order valence-corrected chi connectivity index (χ1v) is 6.13. The van der Waals surface area contributed by atoms with Crippen LogP contribution in [0.2, 0.25) is 0 Å². The number of aliphatic carboxylic acids is 1. The van der Waals surface area contributed by atoms with Crippen LogP contribution in [0.3, 0.4) is 0 Å². The molecule has 0 radical (unpaired) electrons. The average Bonchev–Trinajstić information content (AvgIpc) is 2.72. The van der Waals surface area contributed by atoms with Crippen LogP contribution in [0.4, 0.5) is 11.4 Å². The number of hydrogen-bond acceptors (Lipinski definition) is 4. The Kier molecular flexibility index (Phi) is 3.18. The molecule has 1 unspecified atom stereocenters. The van der Waals surface area contributed by atoms with Gasteiger partial charge in [-0.15, -0.1) is 0 Å². The summed E-state index contributed by atoms with van der Waals surface area (Å²) in [6, 6.07) is 4.80. The lowest BCUT2D eigenvalue weighted by molar-refractivity contribution is -0.384. The Balaban J connectivity index is 2.59. The number of para-hydroxylation sites is 1. The predicted octanol–water partition coefficient (Wildman–Crippen LogP) is 2.35. The molecule has 0 saturated carbocycles. The zero-order valence-electron chi connectivity index (χ0n) is 10.9. The second kappa shape index (κ2) is 4.53. The van der Waals surface area contributed by atoms with Gasteiger partial charge in [-0.3, -0.25) is 10.1 Å². The van der Waals surface area contributed by atoms with Gasteiger partial charge in [0.15, 0.2) is 0 Å². The van der Waals surface area contributed by atoms with Crippen LogP contribution < -0.4 is 4.90 Å². The molecule has 0 aliphatic carbocycles. The fraction of sp³-hybridized carbons (Fsp3) is 0.462. The minimum Gasteiger partial charge on any atom is -0.480 e. The highest BCUT2D eigenvalue weighted by Crippen LogP contribution is 2.41. The van der Waals surface area contributed by atoms with Gasteiger partial charge in [0.05, 0.1) is 4.92 Å². The molecule has 1 aromatic rings. The monoisotopic (exact) mass is 264 g/mol. The molecule has 0 bridgehead atoms. The van der Waals surface area contributed by atoms with Gasteiger partial charge >= 0.3 is 5.97 Å². The van der Waals surface area contributed by atoms with E-state index >= 15 is 0 Å². The molecule has 19 heavy (non-hydrogen) atoms. The van der Waals surface area contributed by atoms with Gasteiger partial charge in [-0.2, -0.15) is 0 Å². The molecule has 6 nitrogen and oxygen atoms in total. The molecule has 1 N–H and O–H groups in total. The number of carboxylic acid groups (broad SMARTS) is 1. The number of nitrogens with zero attached hydrogens (tertiary/aromatic N) is 2. The summed E-state index contributed by atoms with van der Waals surface area (Å²) in [4.78, 5) is 23.8. The van der Waals surface area contributed by atoms with E-state index < -0.39 is 16.4 Å². The first-order chi connectivity index (χ1) is 8.88. The Bertz CT molecular complexity index is 543. The van der Waals surface area contributed by atoms with Crippen molar-refractivity contribution in [1.29, 1.82) is 0 Å². The summed E-state index contributed by atoms with van der Waals surface area (Å²) in [7, 11) is 0. The second-order valence-electron chi connectivity index (χ2n) is 5.03. The largest absolute Gasteiger partial charge is 0.480 e. The standard InChI is InChI=1S/C13H16N2O4/c1-9-5-3-6-10(15(18)19)11(9)14-8-4-7-13(14,2)12(16)17/h3,5-6H,4,7-8H2,1-2H3,(H,16,17). The summed E-state index contributed by atoms with van der Waals surface area (Å²) in [5.41, 5.74) is 0.0458. The molecule has 6 heteroatoms. The lowest BCUT2D eigenvalue weighted by Crippen LogP contribution is -2.48. The van der Waals surface area contributed by atoms with Crippen molar-refractivity contribution in [3.63, 3.8) is 0 Å². The van der Waals surface area contributed by atoms with Crippen molar-refractivity contribution in [3.05, 3.63) is 33.9 Å². The predicted molar refractivity (Wildman–Crippen MR) is 70.5 cm³/mol. The SMILES string of the molecule is Cc1cccc([N+](=O)[O-])c1N1CCCC1(C)C(=O)O. The van der Waals surface area contributed by atoms with Gasteiger partial charge in [-0.25, -0.2) is 4.79 Å². The fourth-order valence-corrected chi connectivity index (χ4v) is 2.69. The van der Waals surface area contributed by atoms with Crippen molar-refractivity contribution < 1.29 is 14.8 Å². The second-order valence-corrected chi connectivity index (χ2v) is 5.03. The summed E-state index contributed by atoms with van der Waals surface area (Å²) in [5.74, 6) is -0.942. The molecule has 1 aromatic carbocycles. The van der Waals surface area contributed by atoms with Gasteiger partial charge in [-0.1, -0.05) is 12.1 Å². The van der Waals surface area contributed by atoms with Crippen LogP contribution in [0.1, 0.15) is 25.3 Å². The van der Waals surface area contributed by atoms with Gasteiger partial charge in [0.25, 0.3) is 5.69 Å². The molecule has 1 saturated heterocycles. The van der Waals surface area contributed by atoms with Crippen molar-refractivity contribution in [3.8, 4) is 0 Å². The van der Waals surface area contributed by atoms with E-state index in [1.807, 2.05) is 0 Å². The Hall–Kier alpha value is -2.11. The molecule has 1 aliphatic heterocycles. The van der Waals surface area contributed by atoms with Crippen molar-refractivity contribution in [2.75, 3.05) is 11.4 Å². The van der Waals surface area contributed by atoms with Crippen molar-refractivity contribution in [2.24, 2.45) is 0 Å². The van der Waals surface area contributed by atoms with Gasteiger partial charge in [0.2, 0.25) is 0 Å². The molecular formula is C13H16N2O4. The van der Waals surface area contributed by atoms with Gasteiger partial charge in [-0.05, 0) is 32.3 Å². The Morgan fingerprint density at radius 2 is 2.21 bits per heavy atom. The third kappa shape index (κ3) is 2.03. The molecule has 1 fully saturated rings. The minimum absolute atomic E-state index is 0.0330. The number of anilines is 1. The summed E-state index contributed by atoms with van der Waals surface area (Å²) < 4.78 is 0. The first kappa shape index (κ1) is 13.3. The van der Waals surface area contributed by atoms with E-state index in [-0.39, 0.29) is 5.69 Å². The summed E-state index contributed by atoms with van der Waals surface area (Å²) in [6.07, 6.45) is 1.21. The highest BCUT2D eigenvalue weighted by atomic mass is 16.6. The molecule has 0 amide bonds. The summed E-state index contributed by atoms with van der Waals surface area (Å²) in [5, 5.41) is 20.6. The van der Waals surface area contributed by atoms with Crippen LogP contribution in [-0.2, 0) is 4.79 Å².